The van der Waals surface area contributed by atoms with Gasteiger partial charge in [0.1, 0.15) is 0 Å². The Morgan fingerprint density at radius 2 is 2.18 bits per heavy atom. The van der Waals surface area contributed by atoms with Crippen LogP contribution in [0.2, 0.25) is 4.34 Å². The van der Waals surface area contributed by atoms with Crippen molar-refractivity contribution in [3.8, 4) is 0 Å². The largest absolute Gasteiger partial charge is 0.350 e. The lowest BCUT2D eigenvalue weighted by Gasteiger charge is -2.02. The Kier molecular flexibility index (Phi) is 4.56. The van der Waals surface area contributed by atoms with Crippen LogP contribution >= 0.6 is 34.3 Å². The molecule has 0 bridgehead atoms. The summed E-state index contributed by atoms with van der Waals surface area (Å²) in [6, 6.07) is 3.37. The molecular formula is C14H12ClN3O2S2. The van der Waals surface area contributed by atoms with Crippen LogP contribution in [0.1, 0.15) is 28.2 Å². The van der Waals surface area contributed by atoms with E-state index in [1.54, 1.807) is 23.5 Å². The summed E-state index contributed by atoms with van der Waals surface area (Å²) in [4.78, 5) is 29.5. The van der Waals surface area contributed by atoms with Crippen molar-refractivity contribution in [1.29, 1.82) is 0 Å². The Labute approximate surface area is 139 Å². The van der Waals surface area contributed by atoms with E-state index >= 15 is 0 Å². The highest BCUT2D eigenvalue weighted by Crippen LogP contribution is 2.22. The van der Waals surface area contributed by atoms with E-state index in [1.165, 1.54) is 11.3 Å². The number of amides is 1. The van der Waals surface area contributed by atoms with Crippen LogP contribution in [0.3, 0.4) is 0 Å². The molecule has 3 heterocycles. The number of carbonyl (C=O) groups excluding carboxylic acids is 2. The third-order valence-corrected chi connectivity index (χ3v) is 5.08. The SMILES string of the molecule is O=C(CCC(=O)c1ccc(Cl)s1)NCc1cn2ccsc2n1. The van der Waals surface area contributed by atoms with E-state index in [2.05, 4.69) is 10.3 Å². The summed E-state index contributed by atoms with van der Waals surface area (Å²) in [6.07, 6.45) is 4.14. The number of carbonyl (C=O) groups is 2. The van der Waals surface area contributed by atoms with E-state index in [4.69, 9.17) is 11.6 Å². The van der Waals surface area contributed by atoms with Crippen LogP contribution < -0.4 is 5.32 Å². The Morgan fingerprint density at radius 3 is 2.91 bits per heavy atom. The van der Waals surface area contributed by atoms with Crippen LogP contribution in [0.15, 0.2) is 29.9 Å². The number of nitrogens with zero attached hydrogens (tertiary/aromatic N) is 2. The second-order valence-corrected chi connectivity index (χ2v) is 7.22. The highest BCUT2D eigenvalue weighted by molar-refractivity contribution is 7.18. The molecule has 3 aromatic heterocycles. The van der Waals surface area contributed by atoms with E-state index in [9.17, 15) is 9.59 Å². The van der Waals surface area contributed by atoms with Crippen molar-refractivity contribution < 1.29 is 9.59 Å². The normalized spacial score (nSPS) is 11.0. The molecule has 1 amide bonds. The molecule has 0 unspecified atom stereocenters. The Morgan fingerprint density at radius 1 is 1.32 bits per heavy atom. The van der Waals surface area contributed by atoms with Gasteiger partial charge < -0.3 is 5.32 Å². The number of imidazole rings is 1. The molecule has 0 aromatic carbocycles. The highest BCUT2D eigenvalue weighted by atomic mass is 35.5. The maximum Gasteiger partial charge on any atom is 0.220 e. The zero-order valence-electron chi connectivity index (χ0n) is 11.4. The van der Waals surface area contributed by atoms with E-state index in [0.29, 0.717) is 15.8 Å². The molecular weight excluding hydrogens is 342 g/mol. The summed E-state index contributed by atoms with van der Waals surface area (Å²) < 4.78 is 2.49. The van der Waals surface area contributed by atoms with Gasteiger partial charge in [-0.15, -0.1) is 22.7 Å². The summed E-state index contributed by atoms with van der Waals surface area (Å²) in [6.45, 7) is 0.367. The Bertz CT molecular complexity index is 792. The lowest BCUT2D eigenvalue weighted by atomic mass is 10.2. The van der Waals surface area contributed by atoms with Crippen molar-refractivity contribution >= 4 is 50.9 Å². The predicted molar refractivity (Wildman–Crippen MR) is 87.8 cm³/mol. The van der Waals surface area contributed by atoms with Gasteiger partial charge in [-0.25, -0.2) is 4.98 Å². The fourth-order valence-corrected chi connectivity index (χ4v) is 3.68. The molecule has 0 saturated carbocycles. The molecule has 0 fully saturated rings. The molecule has 3 aromatic rings. The number of rotatable bonds is 6. The second kappa shape index (κ2) is 6.60. The van der Waals surface area contributed by atoms with Crippen molar-refractivity contribution in [3.63, 3.8) is 0 Å². The number of fused-ring (bicyclic) bond motifs is 1. The van der Waals surface area contributed by atoms with Crippen LogP contribution in [-0.4, -0.2) is 21.1 Å². The number of halogens is 1. The minimum atomic E-state index is -0.160. The van der Waals surface area contributed by atoms with E-state index in [-0.39, 0.29) is 24.5 Å². The van der Waals surface area contributed by atoms with Gasteiger partial charge in [0.25, 0.3) is 0 Å². The summed E-state index contributed by atoms with van der Waals surface area (Å²) >= 11 is 8.56. The lowest BCUT2D eigenvalue weighted by molar-refractivity contribution is -0.121. The van der Waals surface area contributed by atoms with Crippen molar-refractivity contribution in [2.45, 2.75) is 19.4 Å². The third-order valence-electron chi connectivity index (χ3n) is 3.04. The van der Waals surface area contributed by atoms with Crippen LogP contribution in [0, 0.1) is 0 Å². The fraction of sp³-hybridized carbons (Fsp3) is 0.214. The minimum absolute atomic E-state index is 0.0606. The van der Waals surface area contributed by atoms with E-state index in [1.807, 2.05) is 22.2 Å². The average molecular weight is 354 g/mol. The van der Waals surface area contributed by atoms with Gasteiger partial charge in [-0.3, -0.25) is 14.0 Å². The number of hydrogen-bond donors (Lipinski definition) is 1. The number of hydrogen-bond acceptors (Lipinski definition) is 5. The van der Waals surface area contributed by atoms with Gasteiger partial charge in [0.2, 0.25) is 5.91 Å². The lowest BCUT2D eigenvalue weighted by Crippen LogP contribution is -2.23. The third kappa shape index (κ3) is 3.55. The zero-order valence-corrected chi connectivity index (χ0v) is 13.8. The van der Waals surface area contributed by atoms with Gasteiger partial charge in [-0.2, -0.15) is 0 Å². The summed E-state index contributed by atoms with van der Waals surface area (Å²) in [5, 5.41) is 4.73. The number of thiazole rings is 1. The molecule has 0 aliphatic heterocycles. The second-order valence-electron chi connectivity index (χ2n) is 4.63. The zero-order chi connectivity index (χ0) is 15.5. The standard InChI is InChI=1S/C14H12ClN3O2S2/c15-12-3-2-11(22-12)10(19)1-4-13(20)16-7-9-8-18-5-6-21-14(18)17-9/h2-3,5-6,8H,1,4,7H2,(H,16,20). The number of aromatic nitrogens is 2. The van der Waals surface area contributed by atoms with Crippen molar-refractivity contribution in [2.24, 2.45) is 0 Å². The molecule has 5 nitrogen and oxygen atoms in total. The molecule has 1 N–H and O–H groups in total. The number of thiophene rings is 1. The first-order valence-corrected chi connectivity index (χ1v) is 8.65. The van der Waals surface area contributed by atoms with Gasteiger partial charge >= 0.3 is 0 Å². The molecule has 0 aliphatic rings. The highest BCUT2D eigenvalue weighted by Gasteiger charge is 2.12. The number of nitrogens with one attached hydrogen (secondary N) is 1. The molecule has 0 saturated heterocycles. The first-order chi connectivity index (χ1) is 10.6. The first kappa shape index (κ1) is 15.2. The molecule has 22 heavy (non-hydrogen) atoms. The molecule has 8 heteroatoms. The number of Topliss-reactive ketones (excluding diaryl/α,β-unsaturated/α-hetero) is 1. The average Bonchev–Trinajstić information content (AvgIpc) is 3.17. The van der Waals surface area contributed by atoms with Crippen molar-refractivity contribution in [1.82, 2.24) is 14.7 Å². The summed E-state index contributed by atoms with van der Waals surface area (Å²) in [5.74, 6) is -0.220. The van der Waals surface area contributed by atoms with Crippen LogP contribution in [-0.2, 0) is 11.3 Å². The van der Waals surface area contributed by atoms with Crippen LogP contribution in [0.25, 0.3) is 4.96 Å². The molecule has 114 valence electrons. The molecule has 0 spiro atoms. The first-order valence-electron chi connectivity index (χ1n) is 6.58. The smallest absolute Gasteiger partial charge is 0.220 e. The van der Waals surface area contributed by atoms with Gasteiger partial charge in [0.05, 0.1) is 21.5 Å². The molecule has 0 radical (unpaired) electrons. The van der Waals surface area contributed by atoms with Gasteiger partial charge in [0.15, 0.2) is 10.7 Å². The van der Waals surface area contributed by atoms with Crippen molar-refractivity contribution in [3.05, 3.63) is 44.8 Å². The molecule has 0 atom stereocenters. The maximum atomic E-state index is 11.9. The van der Waals surface area contributed by atoms with E-state index < -0.39 is 0 Å². The van der Waals surface area contributed by atoms with Crippen molar-refractivity contribution in [2.75, 3.05) is 0 Å². The van der Waals surface area contributed by atoms with E-state index in [0.717, 1.165) is 10.7 Å². The van der Waals surface area contributed by atoms with Crippen LogP contribution in [0.4, 0.5) is 0 Å². The molecule has 3 rings (SSSR count). The van der Waals surface area contributed by atoms with Gasteiger partial charge in [-0.05, 0) is 12.1 Å². The predicted octanol–water partition coefficient (Wildman–Crippen LogP) is 3.39. The summed E-state index contributed by atoms with van der Waals surface area (Å²) in [7, 11) is 0. The summed E-state index contributed by atoms with van der Waals surface area (Å²) in [5.41, 5.74) is 0.802. The monoisotopic (exact) mass is 353 g/mol. The Hall–Kier alpha value is -1.70. The topological polar surface area (TPSA) is 63.5 Å². The molecule has 0 aliphatic carbocycles. The number of ketones is 1. The van der Waals surface area contributed by atoms with Gasteiger partial charge in [0, 0.05) is 30.6 Å². The quantitative estimate of drug-likeness (QED) is 0.691. The van der Waals surface area contributed by atoms with Gasteiger partial charge in [-0.1, -0.05) is 11.6 Å². The Balaban J connectivity index is 1.46. The fourth-order valence-electron chi connectivity index (χ4n) is 1.95. The minimum Gasteiger partial charge on any atom is -0.350 e. The maximum absolute atomic E-state index is 11.9. The van der Waals surface area contributed by atoms with Crippen LogP contribution in [0.5, 0.6) is 0 Å².